The second-order valence-electron chi connectivity index (χ2n) is 6.67. The van der Waals surface area contributed by atoms with Gasteiger partial charge in [-0.2, -0.15) is 0 Å². The van der Waals surface area contributed by atoms with E-state index in [0.717, 1.165) is 42.4 Å². The number of rotatable bonds is 4. The summed E-state index contributed by atoms with van der Waals surface area (Å²) < 4.78 is 1.21. The van der Waals surface area contributed by atoms with Crippen molar-refractivity contribution < 1.29 is 4.79 Å². The first-order chi connectivity index (χ1) is 11.0. The summed E-state index contributed by atoms with van der Waals surface area (Å²) in [4.78, 5) is 21.3. The number of likely N-dealkylation sites (tertiary alicyclic amines) is 1. The van der Waals surface area contributed by atoms with Gasteiger partial charge in [0.2, 0.25) is 5.91 Å². The standard InChI is InChI=1S/C18H25N3OS/c1-13-8-10-21(11-9-13)17(22)12-20(3)14(2)18-19-15-6-4-5-7-16(15)23-18/h4-7,13-14H,8-12H2,1-3H3/t14-/m1/s1. The third kappa shape index (κ3) is 3.72. The smallest absolute Gasteiger partial charge is 0.236 e. The van der Waals surface area contributed by atoms with E-state index in [2.05, 4.69) is 24.8 Å². The van der Waals surface area contributed by atoms with Gasteiger partial charge in [0.25, 0.3) is 0 Å². The summed E-state index contributed by atoms with van der Waals surface area (Å²) in [5, 5.41) is 1.08. The SMILES string of the molecule is CC1CCN(C(=O)CN(C)[C@H](C)c2nc3ccccc3s2)CC1. The van der Waals surface area contributed by atoms with Crippen LogP contribution in [0.2, 0.25) is 0 Å². The van der Waals surface area contributed by atoms with Gasteiger partial charge in [-0.05, 0) is 44.9 Å². The highest BCUT2D eigenvalue weighted by Gasteiger charge is 2.24. The molecule has 1 saturated heterocycles. The Morgan fingerprint density at radius 1 is 1.39 bits per heavy atom. The summed E-state index contributed by atoms with van der Waals surface area (Å²) in [6.45, 7) is 6.67. The number of amides is 1. The van der Waals surface area contributed by atoms with E-state index in [4.69, 9.17) is 4.98 Å². The average Bonchev–Trinajstić information content (AvgIpc) is 2.98. The largest absolute Gasteiger partial charge is 0.342 e. The maximum Gasteiger partial charge on any atom is 0.236 e. The number of piperidine rings is 1. The number of likely N-dealkylation sites (N-methyl/N-ethyl adjacent to an activating group) is 1. The van der Waals surface area contributed by atoms with Crippen LogP contribution in [0.4, 0.5) is 0 Å². The van der Waals surface area contributed by atoms with E-state index in [1.807, 2.05) is 30.1 Å². The normalized spacial score (nSPS) is 17.8. The van der Waals surface area contributed by atoms with Crippen molar-refractivity contribution in [3.05, 3.63) is 29.3 Å². The summed E-state index contributed by atoms with van der Waals surface area (Å²) in [7, 11) is 2.02. The summed E-state index contributed by atoms with van der Waals surface area (Å²) in [6.07, 6.45) is 2.26. The van der Waals surface area contributed by atoms with Gasteiger partial charge in [0.15, 0.2) is 0 Å². The van der Waals surface area contributed by atoms with Crippen molar-refractivity contribution in [2.45, 2.75) is 32.7 Å². The molecule has 1 fully saturated rings. The number of carbonyl (C=O) groups excluding carboxylic acids is 1. The second kappa shape index (κ2) is 6.97. The molecule has 0 unspecified atom stereocenters. The Hall–Kier alpha value is -1.46. The molecular formula is C18H25N3OS. The molecule has 0 radical (unpaired) electrons. The van der Waals surface area contributed by atoms with Crippen molar-refractivity contribution >= 4 is 27.5 Å². The summed E-state index contributed by atoms with van der Waals surface area (Å²) in [6, 6.07) is 8.35. The van der Waals surface area contributed by atoms with Crippen molar-refractivity contribution in [3.63, 3.8) is 0 Å². The van der Waals surface area contributed by atoms with Crippen LogP contribution >= 0.6 is 11.3 Å². The molecule has 0 saturated carbocycles. The molecule has 23 heavy (non-hydrogen) atoms. The Labute approximate surface area is 142 Å². The van der Waals surface area contributed by atoms with Crippen molar-refractivity contribution in [2.75, 3.05) is 26.7 Å². The van der Waals surface area contributed by atoms with Crippen LogP contribution in [-0.2, 0) is 4.79 Å². The number of carbonyl (C=O) groups is 1. The minimum Gasteiger partial charge on any atom is -0.342 e. The third-order valence-electron chi connectivity index (χ3n) is 4.85. The van der Waals surface area contributed by atoms with Gasteiger partial charge in [-0.1, -0.05) is 19.1 Å². The molecule has 124 valence electrons. The topological polar surface area (TPSA) is 36.4 Å². The second-order valence-corrected chi connectivity index (χ2v) is 7.74. The molecule has 4 nitrogen and oxygen atoms in total. The number of hydrogen-bond donors (Lipinski definition) is 0. The number of hydrogen-bond acceptors (Lipinski definition) is 4. The fourth-order valence-electron chi connectivity index (χ4n) is 2.97. The lowest BCUT2D eigenvalue weighted by Crippen LogP contribution is -2.43. The van der Waals surface area contributed by atoms with Crippen LogP contribution in [0.15, 0.2) is 24.3 Å². The van der Waals surface area contributed by atoms with Crippen molar-refractivity contribution in [1.29, 1.82) is 0 Å². The van der Waals surface area contributed by atoms with Crippen LogP contribution in [0.5, 0.6) is 0 Å². The predicted molar refractivity (Wildman–Crippen MR) is 95.6 cm³/mol. The van der Waals surface area contributed by atoms with E-state index in [-0.39, 0.29) is 11.9 Å². The Morgan fingerprint density at radius 2 is 2.09 bits per heavy atom. The fraction of sp³-hybridized carbons (Fsp3) is 0.556. The molecule has 2 aromatic rings. The molecule has 0 spiro atoms. The molecule has 0 N–H and O–H groups in total. The highest BCUT2D eigenvalue weighted by atomic mass is 32.1. The van der Waals surface area contributed by atoms with E-state index >= 15 is 0 Å². The van der Waals surface area contributed by atoms with Gasteiger partial charge in [-0.3, -0.25) is 9.69 Å². The molecule has 0 aliphatic carbocycles. The van der Waals surface area contributed by atoms with E-state index in [1.165, 1.54) is 4.70 Å². The van der Waals surface area contributed by atoms with E-state index in [1.54, 1.807) is 11.3 Å². The number of para-hydroxylation sites is 1. The molecule has 2 heterocycles. The highest BCUT2D eigenvalue weighted by molar-refractivity contribution is 7.18. The molecule has 1 atom stereocenters. The molecular weight excluding hydrogens is 306 g/mol. The summed E-state index contributed by atoms with van der Waals surface area (Å²) in [5.74, 6) is 0.991. The Balaban J connectivity index is 1.62. The maximum atomic E-state index is 12.5. The Kier molecular flexibility index (Phi) is 4.97. The fourth-order valence-corrected chi connectivity index (χ4v) is 4.05. The number of fused-ring (bicyclic) bond motifs is 1. The molecule has 1 aliphatic heterocycles. The molecule has 1 aromatic heterocycles. The first-order valence-electron chi connectivity index (χ1n) is 8.38. The van der Waals surface area contributed by atoms with Crippen LogP contribution in [0.25, 0.3) is 10.2 Å². The van der Waals surface area contributed by atoms with E-state index in [9.17, 15) is 4.79 Å². The predicted octanol–water partition coefficient (Wildman–Crippen LogP) is 3.55. The van der Waals surface area contributed by atoms with Gasteiger partial charge < -0.3 is 4.90 Å². The van der Waals surface area contributed by atoms with E-state index < -0.39 is 0 Å². The highest BCUT2D eigenvalue weighted by Crippen LogP contribution is 2.28. The number of nitrogens with zero attached hydrogens (tertiary/aromatic N) is 3. The zero-order valence-corrected chi connectivity index (χ0v) is 15.0. The maximum absolute atomic E-state index is 12.5. The van der Waals surface area contributed by atoms with Gasteiger partial charge in [0.05, 0.1) is 22.8 Å². The monoisotopic (exact) mass is 331 g/mol. The zero-order valence-electron chi connectivity index (χ0n) is 14.2. The molecule has 3 rings (SSSR count). The van der Waals surface area contributed by atoms with E-state index in [0.29, 0.717) is 6.54 Å². The first kappa shape index (κ1) is 16.4. The minimum absolute atomic E-state index is 0.153. The lowest BCUT2D eigenvalue weighted by atomic mass is 9.99. The van der Waals surface area contributed by atoms with Crippen LogP contribution in [0, 0.1) is 5.92 Å². The summed E-state index contributed by atoms with van der Waals surface area (Å²) >= 11 is 1.72. The number of aromatic nitrogens is 1. The van der Waals surface area contributed by atoms with Gasteiger partial charge in [-0.25, -0.2) is 4.98 Å². The Bertz CT molecular complexity index is 643. The van der Waals surface area contributed by atoms with Crippen molar-refractivity contribution in [2.24, 2.45) is 5.92 Å². The van der Waals surface area contributed by atoms with Crippen LogP contribution in [0.3, 0.4) is 0 Å². The number of thiazole rings is 1. The van der Waals surface area contributed by atoms with Gasteiger partial charge >= 0.3 is 0 Å². The van der Waals surface area contributed by atoms with Crippen LogP contribution in [0.1, 0.15) is 37.7 Å². The average molecular weight is 331 g/mol. The van der Waals surface area contributed by atoms with Crippen molar-refractivity contribution in [1.82, 2.24) is 14.8 Å². The minimum atomic E-state index is 0.153. The summed E-state index contributed by atoms with van der Waals surface area (Å²) in [5.41, 5.74) is 1.05. The van der Waals surface area contributed by atoms with Crippen molar-refractivity contribution in [3.8, 4) is 0 Å². The van der Waals surface area contributed by atoms with Crippen LogP contribution in [-0.4, -0.2) is 47.4 Å². The Morgan fingerprint density at radius 3 is 2.78 bits per heavy atom. The lowest BCUT2D eigenvalue weighted by Gasteiger charge is -2.32. The van der Waals surface area contributed by atoms with Crippen LogP contribution < -0.4 is 0 Å². The molecule has 0 bridgehead atoms. The molecule has 1 amide bonds. The van der Waals surface area contributed by atoms with Gasteiger partial charge in [-0.15, -0.1) is 11.3 Å². The first-order valence-corrected chi connectivity index (χ1v) is 9.19. The number of benzene rings is 1. The van der Waals surface area contributed by atoms with Gasteiger partial charge in [0, 0.05) is 13.1 Å². The van der Waals surface area contributed by atoms with Gasteiger partial charge in [0.1, 0.15) is 5.01 Å². The quantitative estimate of drug-likeness (QED) is 0.860. The zero-order chi connectivity index (χ0) is 16.4. The lowest BCUT2D eigenvalue weighted by molar-refractivity contribution is -0.133. The molecule has 1 aromatic carbocycles. The molecule has 1 aliphatic rings. The third-order valence-corrected chi connectivity index (χ3v) is 6.06. The molecule has 5 heteroatoms.